The molecule has 1 saturated carbocycles. The quantitative estimate of drug-likeness (QED) is 0.541. The second-order valence-corrected chi connectivity index (χ2v) is 8.41. The van der Waals surface area contributed by atoms with Crippen LogP contribution in [0.4, 0.5) is 0 Å². The maximum absolute atomic E-state index is 12.1. The van der Waals surface area contributed by atoms with E-state index in [1.165, 1.54) is 38.5 Å². The van der Waals surface area contributed by atoms with Crippen LogP contribution in [0, 0.1) is 6.92 Å². The number of hydrogen-bond acceptors (Lipinski definition) is 5. The molecular formula is C13H23N3O3S2. The van der Waals surface area contributed by atoms with Crippen LogP contribution in [0.25, 0.3) is 0 Å². The zero-order valence-electron chi connectivity index (χ0n) is 12.3. The summed E-state index contributed by atoms with van der Waals surface area (Å²) in [6.07, 6.45) is 7.45. The van der Waals surface area contributed by atoms with E-state index in [1.54, 1.807) is 6.92 Å². The molecule has 0 saturated heterocycles. The Bertz CT molecular complexity index is 598. The largest absolute Gasteiger partial charge is 0.315 e. The van der Waals surface area contributed by atoms with Crippen LogP contribution in [-0.4, -0.2) is 32.5 Å². The highest BCUT2D eigenvalue weighted by atomic mass is 32.2. The van der Waals surface area contributed by atoms with Gasteiger partial charge < -0.3 is 10.3 Å². The molecule has 1 aliphatic carbocycles. The van der Waals surface area contributed by atoms with Crippen molar-refractivity contribution in [1.29, 1.82) is 0 Å². The van der Waals surface area contributed by atoms with E-state index >= 15 is 0 Å². The van der Waals surface area contributed by atoms with Gasteiger partial charge in [-0.15, -0.1) is 0 Å². The molecule has 0 unspecified atom stereocenters. The van der Waals surface area contributed by atoms with Crippen molar-refractivity contribution in [3.05, 3.63) is 15.4 Å². The Morgan fingerprint density at radius 2 is 1.86 bits per heavy atom. The Balaban J connectivity index is 1.79. The van der Waals surface area contributed by atoms with Gasteiger partial charge in [0.25, 0.3) is 10.0 Å². The van der Waals surface area contributed by atoms with Crippen LogP contribution in [0.1, 0.15) is 44.2 Å². The molecule has 21 heavy (non-hydrogen) atoms. The molecule has 0 spiro atoms. The first-order valence-electron chi connectivity index (χ1n) is 7.42. The first-order chi connectivity index (χ1) is 9.99. The molecular weight excluding hydrogens is 310 g/mol. The van der Waals surface area contributed by atoms with Gasteiger partial charge in [0, 0.05) is 24.8 Å². The van der Waals surface area contributed by atoms with Crippen molar-refractivity contribution in [1.82, 2.24) is 15.0 Å². The number of thiazole rings is 1. The van der Waals surface area contributed by atoms with Crippen molar-refractivity contribution in [3.63, 3.8) is 0 Å². The second-order valence-electron chi connectivity index (χ2n) is 5.47. The van der Waals surface area contributed by atoms with E-state index in [-0.39, 0.29) is 9.08 Å². The lowest BCUT2D eigenvalue weighted by Gasteiger charge is -2.16. The number of sulfonamides is 1. The van der Waals surface area contributed by atoms with Gasteiger partial charge in [0.15, 0.2) is 4.21 Å². The molecule has 120 valence electrons. The summed E-state index contributed by atoms with van der Waals surface area (Å²) in [4.78, 5) is 13.3. The van der Waals surface area contributed by atoms with Crippen LogP contribution in [0.3, 0.4) is 0 Å². The molecule has 1 fully saturated rings. The number of H-pyrrole nitrogens is 1. The van der Waals surface area contributed by atoms with Gasteiger partial charge in [0.1, 0.15) is 0 Å². The minimum absolute atomic E-state index is 0.0852. The van der Waals surface area contributed by atoms with E-state index in [2.05, 4.69) is 15.0 Å². The fourth-order valence-electron chi connectivity index (χ4n) is 2.66. The minimum atomic E-state index is -3.58. The Morgan fingerprint density at radius 3 is 2.43 bits per heavy atom. The van der Waals surface area contributed by atoms with Crippen molar-refractivity contribution in [3.8, 4) is 0 Å². The predicted octanol–water partition coefficient (Wildman–Crippen LogP) is 1.34. The van der Waals surface area contributed by atoms with Crippen LogP contribution in [0.2, 0.25) is 0 Å². The van der Waals surface area contributed by atoms with E-state index in [4.69, 9.17) is 0 Å². The van der Waals surface area contributed by atoms with Gasteiger partial charge >= 0.3 is 4.87 Å². The van der Waals surface area contributed by atoms with E-state index in [0.29, 0.717) is 24.8 Å². The van der Waals surface area contributed by atoms with Crippen LogP contribution >= 0.6 is 11.3 Å². The highest BCUT2D eigenvalue weighted by molar-refractivity contribution is 7.91. The minimum Gasteiger partial charge on any atom is -0.315 e. The molecule has 1 aromatic rings. The Morgan fingerprint density at radius 1 is 1.19 bits per heavy atom. The fourth-order valence-corrected chi connectivity index (χ4v) is 5.03. The molecule has 0 aromatic carbocycles. The van der Waals surface area contributed by atoms with Crippen molar-refractivity contribution < 1.29 is 8.42 Å². The fraction of sp³-hybridized carbons (Fsp3) is 0.769. The molecule has 0 amide bonds. The highest BCUT2D eigenvalue weighted by Crippen LogP contribution is 2.17. The maximum atomic E-state index is 12.1. The Labute approximate surface area is 129 Å². The predicted molar refractivity (Wildman–Crippen MR) is 84.4 cm³/mol. The van der Waals surface area contributed by atoms with Gasteiger partial charge in [-0.25, -0.2) is 13.1 Å². The average Bonchev–Trinajstić information content (AvgIpc) is 2.65. The summed E-state index contributed by atoms with van der Waals surface area (Å²) >= 11 is 0.728. The lowest BCUT2D eigenvalue weighted by atomic mass is 10.1. The molecule has 2 rings (SSSR count). The van der Waals surface area contributed by atoms with E-state index < -0.39 is 10.0 Å². The van der Waals surface area contributed by atoms with Crippen molar-refractivity contribution >= 4 is 21.4 Å². The summed E-state index contributed by atoms with van der Waals surface area (Å²) in [6, 6.07) is 0.502. The molecule has 6 nitrogen and oxygen atoms in total. The number of rotatable bonds is 6. The Kier molecular flexibility index (Phi) is 5.98. The molecule has 0 bridgehead atoms. The Hall–Kier alpha value is -0.700. The van der Waals surface area contributed by atoms with Crippen molar-refractivity contribution in [2.45, 2.75) is 55.7 Å². The standard InChI is InChI=1S/C13H23N3O3S2/c1-10-12(20-13(17)16-10)21(18,19)15-9-8-14-11-6-4-2-3-5-7-11/h11,14-15H,2-9H2,1H3,(H,16,17). The number of nitrogens with one attached hydrogen (secondary N) is 3. The van der Waals surface area contributed by atoms with Crippen molar-refractivity contribution in [2.24, 2.45) is 0 Å². The topological polar surface area (TPSA) is 91.1 Å². The summed E-state index contributed by atoms with van der Waals surface area (Å²) in [5.74, 6) is 0. The number of hydrogen-bond donors (Lipinski definition) is 3. The molecule has 1 aromatic heterocycles. The normalized spacial score (nSPS) is 17.8. The van der Waals surface area contributed by atoms with Crippen molar-refractivity contribution in [2.75, 3.05) is 13.1 Å². The zero-order valence-corrected chi connectivity index (χ0v) is 13.9. The second kappa shape index (κ2) is 7.53. The van der Waals surface area contributed by atoms with E-state index in [9.17, 15) is 13.2 Å². The third-order valence-electron chi connectivity index (χ3n) is 3.73. The molecule has 1 heterocycles. The molecule has 0 aliphatic heterocycles. The van der Waals surface area contributed by atoms with Gasteiger partial charge in [0.2, 0.25) is 0 Å². The maximum Gasteiger partial charge on any atom is 0.305 e. The molecule has 3 N–H and O–H groups in total. The van der Waals surface area contributed by atoms with Crippen LogP contribution in [-0.2, 0) is 10.0 Å². The monoisotopic (exact) mass is 333 g/mol. The first kappa shape index (κ1) is 16.7. The number of aromatic nitrogens is 1. The highest BCUT2D eigenvalue weighted by Gasteiger charge is 2.20. The van der Waals surface area contributed by atoms with Crippen LogP contribution < -0.4 is 14.9 Å². The molecule has 8 heteroatoms. The first-order valence-corrected chi connectivity index (χ1v) is 9.72. The average molecular weight is 333 g/mol. The molecule has 0 radical (unpaired) electrons. The van der Waals surface area contributed by atoms with Gasteiger partial charge in [-0.05, 0) is 19.8 Å². The summed E-state index contributed by atoms with van der Waals surface area (Å²) in [5, 5.41) is 3.41. The van der Waals surface area contributed by atoms with E-state index in [1.807, 2.05) is 0 Å². The van der Waals surface area contributed by atoms with Gasteiger partial charge in [-0.3, -0.25) is 4.79 Å². The SMILES string of the molecule is Cc1[nH]c(=O)sc1S(=O)(=O)NCCNC1CCCCCC1. The number of aromatic amines is 1. The lowest BCUT2D eigenvalue weighted by Crippen LogP contribution is -2.36. The van der Waals surface area contributed by atoms with Crippen LogP contribution in [0.15, 0.2) is 9.00 Å². The third kappa shape index (κ3) is 4.91. The summed E-state index contributed by atoms with van der Waals surface area (Å²) < 4.78 is 26.8. The summed E-state index contributed by atoms with van der Waals surface area (Å²) in [6.45, 7) is 2.54. The van der Waals surface area contributed by atoms with Gasteiger partial charge in [-0.2, -0.15) is 0 Å². The third-order valence-corrected chi connectivity index (χ3v) is 6.80. The van der Waals surface area contributed by atoms with Crippen LogP contribution in [0.5, 0.6) is 0 Å². The molecule has 0 atom stereocenters. The van der Waals surface area contributed by atoms with Gasteiger partial charge in [-0.1, -0.05) is 37.0 Å². The summed E-state index contributed by atoms with van der Waals surface area (Å²) in [7, 11) is -3.58. The summed E-state index contributed by atoms with van der Waals surface area (Å²) in [5.41, 5.74) is 0.397. The van der Waals surface area contributed by atoms with E-state index in [0.717, 1.165) is 11.3 Å². The van der Waals surface area contributed by atoms with Gasteiger partial charge in [0.05, 0.1) is 0 Å². The molecule has 1 aliphatic rings. The lowest BCUT2D eigenvalue weighted by molar-refractivity contribution is 0.461. The number of aryl methyl sites for hydroxylation is 1. The zero-order chi connectivity index (χ0) is 15.3. The smallest absolute Gasteiger partial charge is 0.305 e.